The number of rotatable bonds is 11. The zero-order chi connectivity index (χ0) is 35.5. The number of ether oxygens (including phenoxy) is 3. The third-order valence-corrected chi connectivity index (χ3v) is 10.7. The van der Waals surface area contributed by atoms with Crippen molar-refractivity contribution in [3.05, 3.63) is 77.7 Å². The molecule has 260 valence electrons. The summed E-state index contributed by atoms with van der Waals surface area (Å²) >= 11 is 0. The van der Waals surface area contributed by atoms with E-state index < -0.39 is 45.0 Å². The number of nitrogen functional groups attached to an aromatic ring is 1. The third-order valence-electron chi connectivity index (χ3n) is 8.51. The molecule has 1 aromatic heterocycles. The second-order valence-electron chi connectivity index (χ2n) is 11.8. The van der Waals surface area contributed by atoms with E-state index in [-0.39, 0.29) is 35.1 Å². The van der Waals surface area contributed by atoms with E-state index >= 15 is 4.39 Å². The van der Waals surface area contributed by atoms with Crippen molar-refractivity contribution < 1.29 is 36.6 Å². The number of anilines is 3. The molecule has 12 nitrogen and oxygen atoms in total. The molecule has 0 spiro atoms. The van der Waals surface area contributed by atoms with Gasteiger partial charge in [-0.15, -0.1) is 0 Å². The highest BCUT2D eigenvalue weighted by Gasteiger charge is 2.39. The highest BCUT2D eigenvalue weighted by atomic mass is 32.2. The number of sulfone groups is 1. The third kappa shape index (κ3) is 7.19. The van der Waals surface area contributed by atoms with Gasteiger partial charge in [-0.05, 0) is 93.1 Å². The summed E-state index contributed by atoms with van der Waals surface area (Å²) in [5, 5.41) is 6.53. The maximum absolute atomic E-state index is 16.0. The topological polar surface area (TPSA) is 162 Å². The van der Waals surface area contributed by atoms with Crippen molar-refractivity contribution in [2.75, 3.05) is 43.7 Å². The van der Waals surface area contributed by atoms with Gasteiger partial charge >= 0.3 is 6.09 Å². The minimum absolute atomic E-state index is 0.00498. The maximum atomic E-state index is 16.0. The number of nitrogens with two attached hydrogens (primary N) is 1. The molecule has 4 N–H and O–H groups in total. The van der Waals surface area contributed by atoms with Crippen molar-refractivity contribution in [3.63, 3.8) is 0 Å². The number of halogens is 1. The molecule has 0 bridgehead atoms. The fourth-order valence-electron chi connectivity index (χ4n) is 6.02. The number of nitrogens with one attached hydrogen (secondary N) is 2. The van der Waals surface area contributed by atoms with E-state index in [0.29, 0.717) is 41.0 Å². The molecule has 2 atom stereocenters. The molecular weight excluding hydrogens is 653 g/mol. The Kier molecular flexibility index (Phi) is 10.5. The van der Waals surface area contributed by atoms with Gasteiger partial charge in [0, 0.05) is 41.1 Å². The van der Waals surface area contributed by atoms with Crippen LogP contribution in [0.3, 0.4) is 0 Å². The Morgan fingerprint density at radius 2 is 1.82 bits per heavy atom. The van der Waals surface area contributed by atoms with E-state index in [2.05, 4.69) is 15.6 Å². The first kappa shape index (κ1) is 35.2. The van der Waals surface area contributed by atoms with Crippen LogP contribution in [0.25, 0.3) is 10.8 Å². The molecule has 2 heterocycles. The highest BCUT2D eigenvalue weighted by molar-refractivity contribution is 7.92. The van der Waals surface area contributed by atoms with Crippen LogP contribution in [0, 0.1) is 5.82 Å². The van der Waals surface area contributed by atoms with Crippen LogP contribution in [0.1, 0.15) is 56.8 Å². The number of amides is 2. The molecule has 0 saturated carbocycles. The minimum atomic E-state index is -3.82. The second-order valence-corrected chi connectivity index (χ2v) is 14.3. The maximum Gasteiger partial charge on any atom is 0.411 e. The summed E-state index contributed by atoms with van der Waals surface area (Å²) in [7, 11) is -1.21. The van der Waals surface area contributed by atoms with Gasteiger partial charge in [0.05, 0.1) is 37.0 Å². The minimum Gasteiger partial charge on any atom is -0.493 e. The van der Waals surface area contributed by atoms with Crippen LogP contribution in [-0.2, 0) is 19.4 Å². The van der Waals surface area contributed by atoms with Crippen LogP contribution in [0.4, 0.5) is 26.4 Å². The van der Waals surface area contributed by atoms with E-state index in [1.165, 1.54) is 38.5 Å². The van der Waals surface area contributed by atoms with Gasteiger partial charge < -0.3 is 30.2 Å². The second kappa shape index (κ2) is 14.6. The molecular formula is C35H40FN5O7S. The summed E-state index contributed by atoms with van der Waals surface area (Å²) < 4.78 is 59.0. The summed E-state index contributed by atoms with van der Waals surface area (Å²) in [6, 6.07) is 12.1. The number of carbonyl (C=O) groups is 2. The molecule has 1 aliphatic heterocycles. The van der Waals surface area contributed by atoms with Gasteiger partial charge in [0.15, 0.2) is 21.3 Å². The molecule has 0 radical (unpaired) electrons. The zero-order valence-corrected chi connectivity index (χ0v) is 28.8. The quantitative estimate of drug-likeness (QED) is 0.164. The summed E-state index contributed by atoms with van der Waals surface area (Å²) in [4.78, 5) is 32.6. The summed E-state index contributed by atoms with van der Waals surface area (Å²) in [6.07, 6.45) is 1.82. The average molecular weight is 694 g/mol. The average Bonchev–Trinajstić information content (AvgIpc) is 3.57. The van der Waals surface area contributed by atoms with Crippen molar-refractivity contribution in [1.82, 2.24) is 9.88 Å². The number of methoxy groups -OCH3 is 2. The summed E-state index contributed by atoms with van der Waals surface area (Å²) in [5.41, 5.74) is 7.21. The molecule has 1 fully saturated rings. The fourth-order valence-corrected chi connectivity index (χ4v) is 7.31. The number of pyridine rings is 1. The molecule has 14 heteroatoms. The molecule has 2 amide bonds. The Balaban J connectivity index is 1.63. The normalized spacial score (nSPS) is 15.2. The van der Waals surface area contributed by atoms with Crippen molar-refractivity contribution in [1.29, 1.82) is 0 Å². The monoisotopic (exact) mass is 693 g/mol. The highest BCUT2D eigenvalue weighted by Crippen LogP contribution is 2.41. The number of benzene rings is 3. The summed E-state index contributed by atoms with van der Waals surface area (Å²) in [6.45, 7) is 5.47. The van der Waals surface area contributed by atoms with Crippen LogP contribution in [0.5, 0.6) is 11.5 Å². The van der Waals surface area contributed by atoms with Crippen LogP contribution in [0.2, 0.25) is 0 Å². The van der Waals surface area contributed by atoms with Crippen LogP contribution in [0.15, 0.2) is 65.7 Å². The number of carbonyl (C=O) groups excluding carboxylic acids is 2. The SMILES string of the molecule is CCOc1cc([C@H](Nc2ccc3c(N)nccc3c2)C(=O)N2CCC[C@@H]2c2cc(NC(=O)OC)ccc2S(=O)(=O)C(C)C)c(F)cc1OC. The molecule has 49 heavy (non-hydrogen) atoms. The van der Waals surface area contributed by atoms with Gasteiger partial charge in [-0.1, -0.05) is 0 Å². The summed E-state index contributed by atoms with van der Waals surface area (Å²) in [5.74, 6) is -0.440. The molecule has 0 unspecified atom stereocenters. The number of aromatic nitrogens is 1. The lowest BCUT2D eigenvalue weighted by Crippen LogP contribution is -2.38. The van der Waals surface area contributed by atoms with Crippen LogP contribution in [-0.4, -0.2) is 62.9 Å². The molecule has 5 rings (SSSR count). The Labute approximate surface area is 284 Å². The van der Waals surface area contributed by atoms with E-state index in [9.17, 15) is 18.0 Å². The predicted molar refractivity (Wildman–Crippen MR) is 185 cm³/mol. The van der Waals surface area contributed by atoms with Gasteiger partial charge in [-0.3, -0.25) is 10.1 Å². The van der Waals surface area contributed by atoms with E-state index in [1.54, 1.807) is 62.2 Å². The Bertz CT molecular complexity index is 1990. The van der Waals surface area contributed by atoms with Crippen molar-refractivity contribution in [3.8, 4) is 11.5 Å². The lowest BCUT2D eigenvalue weighted by molar-refractivity contribution is -0.133. The number of fused-ring (bicyclic) bond motifs is 1. The smallest absolute Gasteiger partial charge is 0.411 e. The first-order chi connectivity index (χ1) is 23.4. The lowest BCUT2D eigenvalue weighted by atomic mass is 10.00. The molecule has 1 aliphatic rings. The standard InChI is InChI=1S/C35H40FN5O7S/c1-6-48-30-18-25(27(36)19-29(30)46-4)32(39-22-9-11-24-21(16-22)13-14-38-33(24)37)34(42)41-15-7-8-28(41)26-17-23(40-35(43)47-5)10-12-31(26)49(44,45)20(2)3/h9-14,16-20,28,32,39H,6-8,15H2,1-5H3,(H2,37,38)(H,40,43)/t28-,32+/m1/s1. The van der Waals surface area contributed by atoms with Gasteiger partial charge in [0.25, 0.3) is 0 Å². The lowest BCUT2D eigenvalue weighted by Gasteiger charge is -2.32. The molecule has 3 aromatic carbocycles. The number of likely N-dealkylation sites (tertiary alicyclic amines) is 1. The number of nitrogens with zero attached hydrogens (tertiary/aromatic N) is 2. The van der Waals surface area contributed by atoms with Gasteiger partial charge in [-0.2, -0.15) is 0 Å². The van der Waals surface area contributed by atoms with E-state index in [1.807, 2.05) is 0 Å². The van der Waals surface area contributed by atoms with Gasteiger partial charge in [0.1, 0.15) is 17.7 Å². The molecule has 0 aliphatic carbocycles. The first-order valence-electron chi connectivity index (χ1n) is 15.8. The molecule has 4 aromatic rings. The first-order valence-corrected chi connectivity index (χ1v) is 17.4. The number of hydrogen-bond acceptors (Lipinski definition) is 10. The van der Waals surface area contributed by atoms with Crippen LogP contribution < -0.4 is 25.8 Å². The van der Waals surface area contributed by atoms with Crippen molar-refractivity contribution in [2.24, 2.45) is 0 Å². The fraction of sp³-hybridized carbons (Fsp3) is 0.343. The Morgan fingerprint density at radius 1 is 1.06 bits per heavy atom. The van der Waals surface area contributed by atoms with Crippen LogP contribution >= 0.6 is 0 Å². The Morgan fingerprint density at radius 3 is 2.51 bits per heavy atom. The van der Waals surface area contributed by atoms with E-state index in [4.69, 9.17) is 19.9 Å². The van der Waals surface area contributed by atoms with Gasteiger partial charge in [-0.25, -0.2) is 22.6 Å². The van der Waals surface area contributed by atoms with Crippen molar-refractivity contribution in [2.45, 2.75) is 55.8 Å². The molecule has 1 saturated heterocycles. The largest absolute Gasteiger partial charge is 0.493 e. The van der Waals surface area contributed by atoms with E-state index in [0.717, 1.165) is 5.39 Å². The zero-order valence-electron chi connectivity index (χ0n) is 27.9. The van der Waals surface area contributed by atoms with Gasteiger partial charge in [0.2, 0.25) is 5.91 Å². The number of hydrogen-bond donors (Lipinski definition) is 3. The van der Waals surface area contributed by atoms with Crippen molar-refractivity contribution >= 4 is 49.8 Å². The Hall–Kier alpha value is -5.11. The predicted octanol–water partition coefficient (Wildman–Crippen LogP) is 6.24.